The van der Waals surface area contributed by atoms with Gasteiger partial charge in [0.1, 0.15) is 0 Å². The summed E-state index contributed by atoms with van der Waals surface area (Å²) in [6.07, 6.45) is 7.99. The molecule has 0 aromatic rings. The summed E-state index contributed by atoms with van der Waals surface area (Å²) >= 11 is 0. The first-order valence-electron chi connectivity index (χ1n) is 8.44. The fourth-order valence-electron chi connectivity index (χ4n) is 3.92. The highest BCUT2D eigenvalue weighted by molar-refractivity contribution is 4.89. The second-order valence-corrected chi connectivity index (χ2v) is 6.53. The topological polar surface area (TPSA) is 32.5 Å². The lowest BCUT2D eigenvalue weighted by Gasteiger charge is -2.46. The molecule has 3 aliphatic heterocycles. The molecule has 3 saturated heterocycles. The van der Waals surface area contributed by atoms with Gasteiger partial charge in [-0.2, -0.15) is 0 Å². The maximum Gasteiger partial charge on any atom is 0.0113 e. The lowest BCUT2D eigenvalue weighted by atomic mass is 9.81. The summed E-state index contributed by atoms with van der Waals surface area (Å²) in [5.74, 6) is 1.01. The SMILES string of the molecule is CCN(CC)CCCC(N)CC1CC2CCN1CC2. The molecule has 3 aliphatic rings. The van der Waals surface area contributed by atoms with E-state index < -0.39 is 0 Å². The Morgan fingerprint density at radius 2 is 1.89 bits per heavy atom. The van der Waals surface area contributed by atoms with Crippen LogP contribution in [0.4, 0.5) is 0 Å². The van der Waals surface area contributed by atoms with Crippen LogP contribution in [0.1, 0.15) is 52.4 Å². The maximum atomic E-state index is 6.36. The van der Waals surface area contributed by atoms with Crippen molar-refractivity contribution in [3.63, 3.8) is 0 Å². The van der Waals surface area contributed by atoms with E-state index in [0.29, 0.717) is 6.04 Å². The van der Waals surface area contributed by atoms with E-state index in [1.165, 1.54) is 71.2 Å². The molecule has 3 rings (SSSR count). The molecule has 2 unspecified atom stereocenters. The van der Waals surface area contributed by atoms with Crippen molar-refractivity contribution in [3.05, 3.63) is 0 Å². The molecule has 3 fully saturated rings. The first kappa shape index (κ1) is 15.3. The zero-order chi connectivity index (χ0) is 13.7. The molecule has 3 heterocycles. The molecule has 0 aromatic heterocycles. The Labute approximate surface area is 119 Å². The van der Waals surface area contributed by atoms with E-state index in [1.807, 2.05) is 0 Å². The summed E-state index contributed by atoms with van der Waals surface area (Å²) < 4.78 is 0. The third-order valence-electron chi connectivity index (χ3n) is 5.29. The van der Waals surface area contributed by atoms with Gasteiger partial charge in [0, 0.05) is 12.1 Å². The van der Waals surface area contributed by atoms with Crippen molar-refractivity contribution in [1.82, 2.24) is 9.80 Å². The molecule has 0 spiro atoms. The summed E-state index contributed by atoms with van der Waals surface area (Å²) in [6, 6.07) is 1.22. The van der Waals surface area contributed by atoms with Gasteiger partial charge in [0.25, 0.3) is 0 Å². The molecule has 2 atom stereocenters. The van der Waals surface area contributed by atoms with Crippen LogP contribution >= 0.6 is 0 Å². The average Bonchev–Trinajstić information content (AvgIpc) is 2.45. The molecular formula is C16H33N3. The highest BCUT2D eigenvalue weighted by Gasteiger charge is 2.33. The Morgan fingerprint density at radius 3 is 2.42 bits per heavy atom. The van der Waals surface area contributed by atoms with Crippen LogP contribution in [0.15, 0.2) is 0 Å². The van der Waals surface area contributed by atoms with Crippen LogP contribution in [0.2, 0.25) is 0 Å². The minimum absolute atomic E-state index is 0.417. The quantitative estimate of drug-likeness (QED) is 0.732. The summed E-state index contributed by atoms with van der Waals surface area (Å²) in [7, 11) is 0. The standard InChI is InChI=1S/C16H33N3/c1-3-18(4-2)9-5-6-15(17)13-16-12-14-7-10-19(16)11-8-14/h14-16H,3-13,17H2,1-2H3. The lowest BCUT2D eigenvalue weighted by molar-refractivity contribution is 0.0411. The van der Waals surface area contributed by atoms with Gasteiger partial charge >= 0.3 is 0 Å². The number of hydrogen-bond donors (Lipinski definition) is 1. The van der Waals surface area contributed by atoms with Crippen molar-refractivity contribution < 1.29 is 0 Å². The van der Waals surface area contributed by atoms with E-state index in [-0.39, 0.29) is 0 Å². The predicted molar refractivity (Wildman–Crippen MR) is 82.3 cm³/mol. The molecule has 0 amide bonds. The van der Waals surface area contributed by atoms with E-state index in [0.717, 1.165) is 12.0 Å². The highest BCUT2D eigenvalue weighted by atomic mass is 15.2. The smallest absolute Gasteiger partial charge is 0.0113 e. The van der Waals surface area contributed by atoms with Crippen LogP contribution in [0.3, 0.4) is 0 Å². The Bertz CT molecular complexity index is 244. The summed E-state index contributed by atoms with van der Waals surface area (Å²) in [6.45, 7) is 10.7. The van der Waals surface area contributed by atoms with Crippen LogP contribution in [0, 0.1) is 5.92 Å². The van der Waals surface area contributed by atoms with E-state index in [9.17, 15) is 0 Å². The average molecular weight is 267 g/mol. The molecular weight excluding hydrogens is 234 g/mol. The monoisotopic (exact) mass is 267 g/mol. The minimum Gasteiger partial charge on any atom is -0.328 e. The molecule has 19 heavy (non-hydrogen) atoms. The first-order valence-corrected chi connectivity index (χ1v) is 8.44. The molecule has 3 heteroatoms. The predicted octanol–water partition coefficient (Wildman–Crippen LogP) is 2.31. The number of hydrogen-bond acceptors (Lipinski definition) is 3. The summed E-state index contributed by atoms with van der Waals surface area (Å²) in [5.41, 5.74) is 6.36. The van der Waals surface area contributed by atoms with Crippen molar-refractivity contribution in [3.8, 4) is 0 Å². The Balaban J connectivity index is 1.63. The van der Waals surface area contributed by atoms with Crippen molar-refractivity contribution in [2.24, 2.45) is 11.7 Å². The fourth-order valence-corrected chi connectivity index (χ4v) is 3.92. The van der Waals surface area contributed by atoms with Crippen LogP contribution in [-0.4, -0.2) is 54.6 Å². The van der Waals surface area contributed by atoms with E-state index in [1.54, 1.807) is 0 Å². The van der Waals surface area contributed by atoms with Crippen molar-refractivity contribution in [2.75, 3.05) is 32.7 Å². The lowest BCUT2D eigenvalue weighted by Crippen LogP contribution is -2.50. The van der Waals surface area contributed by atoms with Gasteiger partial charge in [-0.25, -0.2) is 0 Å². The highest BCUT2D eigenvalue weighted by Crippen LogP contribution is 2.33. The zero-order valence-electron chi connectivity index (χ0n) is 13.0. The number of fused-ring (bicyclic) bond motifs is 3. The van der Waals surface area contributed by atoms with Gasteiger partial charge in [-0.15, -0.1) is 0 Å². The third-order valence-corrected chi connectivity index (χ3v) is 5.29. The van der Waals surface area contributed by atoms with Gasteiger partial charge in [0.05, 0.1) is 0 Å². The second-order valence-electron chi connectivity index (χ2n) is 6.53. The minimum atomic E-state index is 0.417. The Morgan fingerprint density at radius 1 is 1.21 bits per heavy atom. The normalized spacial score (nSPS) is 31.9. The molecule has 0 radical (unpaired) electrons. The number of nitrogens with zero attached hydrogens (tertiary/aromatic N) is 2. The van der Waals surface area contributed by atoms with Gasteiger partial charge in [-0.05, 0) is 77.2 Å². The zero-order valence-corrected chi connectivity index (χ0v) is 13.0. The molecule has 2 N–H and O–H groups in total. The molecule has 0 aliphatic carbocycles. The van der Waals surface area contributed by atoms with Crippen LogP contribution in [0.25, 0.3) is 0 Å². The fraction of sp³-hybridized carbons (Fsp3) is 1.00. The van der Waals surface area contributed by atoms with Gasteiger partial charge in [0.2, 0.25) is 0 Å². The van der Waals surface area contributed by atoms with E-state index in [4.69, 9.17) is 5.73 Å². The van der Waals surface area contributed by atoms with Crippen LogP contribution in [0.5, 0.6) is 0 Å². The van der Waals surface area contributed by atoms with Crippen molar-refractivity contribution in [1.29, 1.82) is 0 Å². The third kappa shape index (κ3) is 4.44. The Kier molecular flexibility index (Phi) is 6.11. The Hall–Kier alpha value is -0.120. The molecule has 0 saturated carbocycles. The van der Waals surface area contributed by atoms with Gasteiger partial charge in [-0.3, -0.25) is 0 Å². The van der Waals surface area contributed by atoms with Gasteiger partial charge < -0.3 is 15.5 Å². The summed E-state index contributed by atoms with van der Waals surface area (Å²) in [5, 5.41) is 0. The number of piperidine rings is 3. The second kappa shape index (κ2) is 7.61. The molecule has 3 nitrogen and oxygen atoms in total. The molecule has 0 aromatic carbocycles. The molecule has 112 valence electrons. The largest absolute Gasteiger partial charge is 0.328 e. The van der Waals surface area contributed by atoms with Crippen LogP contribution in [-0.2, 0) is 0 Å². The van der Waals surface area contributed by atoms with Gasteiger partial charge in [0.15, 0.2) is 0 Å². The van der Waals surface area contributed by atoms with E-state index in [2.05, 4.69) is 23.6 Å². The van der Waals surface area contributed by atoms with Crippen molar-refractivity contribution >= 4 is 0 Å². The maximum absolute atomic E-state index is 6.36. The van der Waals surface area contributed by atoms with Gasteiger partial charge in [-0.1, -0.05) is 13.8 Å². The van der Waals surface area contributed by atoms with Crippen LogP contribution < -0.4 is 5.73 Å². The van der Waals surface area contributed by atoms with Crippen molar-refractivity contribution in [2.45, 2.75) is 64.5 Å². The van der Waals surface area contributed by atoms with E-state index >= 15 is 0 Å². The first-order chi connectivity index (χ1) is 9.22. The molecule has 2 bridgehead atoms. The number of rotatable bonds is 8. The summed E-state index contributed by atoms with van der Waals surface area (Å²) in [4.78, 5) is 5.20. The number of nitrogens with two attached hydrogens (primary N) is 1.